The number of carbonyl (C=O) groups excluding carboxylic acids is 3. The van der Waals surface area contributed by atoms with Crippen LogP contribution in [0.2, 0.25) is 0 Å². The van der Waals surface area contributed by atoms with E-state index >= 15 is 0 Å². The summed E-state index contributed by atoms with van der Waals surface area (Å²) in [5.41, 5.74) is -0.848. The lowest BCUT2D eigenvalue weighted by molar-refractivity contribution is -0.183. The topological polar surface area (TPSA) is 88.1 Å². The second-order valence-corrected chi connectivity index (χ2v) is 6.82. The van der Waals surface area contributed by atoms with Gasteiger partial charge in [0.1, 0.15) is 11.8 Å². The van der Waals surface area contributed by atoms with E-state index in [4.69, 9.17) is 18.9 Å². The Labute approximate surface area is 174 Å². The lowest BCUT2D eigenvalue weighted by Crippen LogP contribution is -2.48. The quantitative estimate of drug-likeness (QED) is 0.532. The average Bonchev–Trinajstić information content (AvgIpc) is 3.16. The summed E-state index contributed by atoms with van der Waals surface area (Å²) in [6.45, 7) is 1.73. The fraction of sp³-hybridized carbons (Fsp3) is 0.348. The van der Waals surface area contributed by atoms with Gasteiger partial charge in [-0.1, -0.05) is 60.7 Å². The Morgan fingerprint density at radius 1 is 0.900 bits per heavy atom. The zero-order valence-electron chi connectivity index (χ0n) is 17.1. The molecule has 4 atom stereocenters. The van der Waals surface area contributed by atoms with E-state index in [0.717, 1.165) is 0 Å². The molecule has 2 aromatic rings. The first kappa shape index (κ1) is 21.5. The van der Waals surface area contributed by atoms with Crippen molar-refractivity contribution in [1.82, 2.24) is 0 Å². The van der Waals surface area contributed by atoms with Crippen molar-refractivity contribution in [3.05, 3.63) is 71.8 Å². The van der Waals surface area contributed by atoms with Crippen molar-refractivity contribution in [2.24, 2.45) is 11.8 Å². The van der Waals surface area contributed by atoms with Crippen LogP contribution in [0, 0.1) is 11.8 Å². The third kappa shape index (κ3) is 3.57. The molecule has 0 aromatic heterocycles. The Bertz CT molecular complexity index is 896. The molecular weight excluding hydrogens is 388 g/mol. The molecule has 0 amide bonds. The number of rotatable bonds is 6. The number of esters is 3. The highest BCUT2D eigenvalue weighted by Crippen LogP contribution is 2.54. The van der Waals surface area contributed by atoms with Crippen LogP contribution in [0.1, 0.15) is 24.2 Å². The highest BCUT2D eigenvalue weighted by atomic mass is 16.6. The van der Waals surface area contributed by atoms with Crippen LogP contribution in [0.4, 0.5) is 0 Å². The number of benzene rings is 2. The van der Waals surface area contributed by atoms with Gasteiger partial charge in [-0.3, -0.25) is 9.59 Å². The Hall–Kier alpha value is -3.19. The molecule has 0 saturated carbocycles. The van der Waals surface area contributed by atoms with Crippen LogP contribution in [0.15, 0.2) is 60.7 Å². The molecule has 1 heterocycles. The lowest BCUT2D eigenvalue weighted by atomic mass is 9.74. The second kappa shape index (κ2) is 9.09. The molecule has 0 aliphatic carbocycles. The van der Waals surface area contributed by atoms with Gasteiger partial charge in [0.2, 0.25) is 5.60 Å². The molecule has 158 valence electrons. The number of ether oxygens (including phenoxy) is 4. The van der Waals surface area contributed by atoms with E-state index in [2.05, 4.69) is 0 Å². The van der Waals surface area contributed by atoms with Gasteiger partial charge in [-0.05, 0) is 18.1 Å². The Kier molecular flexibility index (Phi) is 6.52. The van der Waals surface area contributed by atoms with E-state index in [9.17, 15) is 14.4 Å². The largest absolute Gasteiger partial charge is 0.469 e. The maximum absolute atomic E-state index is 13.3. The van der Waals surface area contributed by atoms with Crippen molar-refractivity contribution in [2.45, 2.75) is 18.6 Å². The van der Waals surface area contributed by atoms with E-state index in [1.807, 2.05) is 6.07 Å². The number of hydrogen-bond donors (Lipinski definition) is 0. The highest BCUT2D eigenvalue weighted by molar-refractivity contribution is 5.94. The molecule has 3 rings (SSSR count). The van der Waals surface area contributed by atoms with Gasteiger partial charge in [0.25, 0.3) is 0 Å². The normalized spacial score (nSPS) is 25.4. The van der Waals surface area contributed by atoms with Crippen molar-refractivity contribution < 1.29 is 33.3 Å². The maximum Gasteiger partial charge on any atom is 0.344 e. The van der Waals surface area contributed by atoms with Crippen LogP contribution >= 0.6 is 0 Å². The molecule has 0 radical (unpaired) electrons. The lowest BCUT2D eigenvalue weighted by Gasteiger charge is -2.31. The summed E-state index contributed by atoms with van der Waals surface area (Å²) in [6.07, 6.45) is -0.924. The first-order chi connectivity index (χ1) is 14.5. The van der Waals surface area contributed by atoms with E-state index < -0.39 is 41.4 Å². The van der Waals surface area contributed by atoms with Gasteiger partial charge < -0.3 is 18.9 Å². The Morgan fingerprint density at radius 2 is 1.47 bits per heavy atom. The Balaban J connectivity index is 2.29. The summed E-state index contributed by atoms with van der Waals surface area (Å²) in [4.78, 5) is 39.2. The van der Waals surface area contributed by atoms with Gasteiger partial charge in [-0.15, -0.1) is 0 Å². The SMILES string of the molecule is CCOC(=O)C1(c2ccccc2)OC(c2ccccc2)[C@H](C(=O)OC)[C@@H]1C(=O)OC. The van der Waals surface area contributed by atoms with Gasteiger partial charge in [0.05, 0.1) is 26.9 Å². The van der Waals surface area contributed by atoms with Crippen molar-refractivity contribution in [2.75, 3.05) is 20.8 Å². The zero-order valence-corrected chi connectivity index (χ0v) is 17.1. The third-order valence-electron chi connectivity index (χ3n) is 5.27. The average molecular weight is 412 g/mol. The number of hydrogen-bond acceptors (Lipinski definition) is 7. The minimum absolute atomic E-state index is 0.0730. The van der Waals surface area contributed by atoms with Crippen LogP contribution < -0.4 is 0 Å². The van der Waals surface area contributed by atoms with Crippen LogP contribution in [0.5, 0.6) is 0 Å². The van der Waals surface area contributed by atoms with E-state index in [-0.39, 0.29) is 6.61 Å². The maximum atomic E-state index is 13.3. The summed E-state index contributed by atoms with van der Waals surface area (Å²) < 4.78 is 21.7. The van der Waals surface area contributed by atoms with E-state index in [0.29, 0.717) is 11.1 Å². The predicted molar refractivity (Wildman–Crippen MR) is 106 cm³/mol. The summed E-state index contributed by atoms with van der Waals surface area (Å²) in [5.74, 6) is -4.63. The van der Waals surface area contributed by atoms with Gasteiger partial charge in [0, 0.05) is 0 Å². The van der Waals surface area contributed by atoms with Gasteiger partial charge in [-0.25, -0.2) is 4.79 Å². The summed E-state index contributed by atoms with van der Waals surface area (Å²) in [5, 5.41) is 0. The molecular formula is C23H24O7. The van der Waals surface area contributed by atoms with Crippen molar-refractivity contribution in [3.63, 3.8) is 0 Å². The van der Waals surface area contributed by atoms with Gasteiger partial charge in [0.15, 0.2) is 0 Å². The van der Waals surface area contributed by atoms with Crippen molar-refractivity contribution >= 4 is 17.9 Å². The Morgan fingerprint density at radius 3 is 2.00 bits per heavy atom. The molecule has 2 unspecified atom stereocenters. The molecule has 1 aliphatic heterocycles. The molecule has 2 aromatic carbocycles. The van der Waals surface area contributed by atoms with Crippen molar-refractivity contribution in [1.29, 1.82) is 0 Å². The molecule has 7 heteroatoms. The van der Waals surface area contributed by atoms with Crippen LogP contribution in [-0.2, 0) is 38.9 Å². The van der Waals surface area contributed by atoms with E-state index in [1.165, 1.54) is 14.2 Å². The fourth-order valence-corrected chi connectivity index (χ4v) is 3.99. The minimum atomic E-state index is -1.87. The van der Waals surface area contributed by atoms with Crippen LogP contribution in [0.25, 0.3) is 0 Å². The minimum Gasteiger partial charge on any atom is -0.469 e. The first-order valence-corrected chi connectivity index (χ1v) is 9.62. The summed E-state index contributed by atoms with van der Waals surface area (Å²) in [6, 6.07) is 17.5. The summed E-state index contributed by atoms with van der Waals surface area (Å²) in [7, 11) is 2.43. The molecule has 1 aliphatic rings. The molecule has 1 fully saturated rings. The summed E-state index contributed by atoms with van der Waals surface area (Å²) >= 11 is 0. The smallest absolute Gasteiger partial charge is 0.344 e. The highest BCUT2D eigenvalue weighted by Gasteiger charge is 2.67. The van der Waals surface area contributed by atoms with Crippen LogP contribution in [0.3, 0.4) is 0 Å². The monoisotopic (exact) mass is 412 g/mol. The number of methoxy groups -OCH3 is 2. The standard InChI is InChI=1S/C23H24O7/c1-4-29-22(26)23(16-13-9-6-10-14-16)18(21(25)28-3)17(20(24)27-2)19(30-23)15-11-7-5-8-12-15/h5-14,17-19H,4H2,1-3H3/t17-,18-,19?,23?/m1/s1. The zero-order chi connectivity index (χ0) is 21.7. The van der Waals surface area contributed by atoms with Gasteiger partial charge >= 0.3 is 17.9 Å². The molecule has 0 N–H and O–H groups in total. The molecule has 1 saturated heterocycles. The van der Waals surface area contributed by atoms with E-state index in [1.54, 1.807) is 61.5 Å². The number of carbonyl (C=O) groups is 3. The van der Waals surface area contributed by atoms with Gasteiger partial charge in [-0.2, -0.15) is 0 Å². The van der Waals surface area contributed by atoms with Crippen LogP contribution in [-0.4, -0.2) is 38.7 Å². The third-order valence-corrected chi connectivity index (χ3v) is 5.27. The fourth-order valence-electron chi connectivity index (χ4n) is 3.99. The molecule has 7 nitrogen and oxygen atoms in total. The molecule has 0 spiro atoms. The van der Waals surface area contributed by atoms with Crippen molar-refractivity contribution in [3.8, 4) is 0 Å². The predicted octanol–water partition coefficient (Wildman–Crippen LogP) is 2.79. The molecule has 30 heavy (non-hydrogen) atoms. The molecule has 0 bridgehead atoms. The first-order valence-electron chi connectivity index (χ1n) is 9.62. The second-order valence-electron chi connectivity index (χ2n) is 6.82.